The van der Waals surface area contributed by atoms with Crippen LogP contribution < -0.4 is 26.6 Å². The van der Waals surface area contributed by atoms with Crippen molar-refractivity contribution in [2.24, 2.45) is 0 Å². The third-order valence-corrected chi connectivity index (χ3v) is 8.05. The molecule has 0 radical (unpaired) electrons. The summed E-state index contributed by atoms with van der Waals surface area (Å²) in [5.41, 5.74) is -2.41. The fourth-order valence-electron chi connectivity index (χ4n) is 5.45. The lowest BCUT2D eigenvalue weighted by molar-refractivity contribution is -0.137. The highest BCUT2D eigenvalue weighted by atomic mass is 19.4. The number of fused-ring (bicyclic) bond motifs is 1. The van der Waals surface area contributed by atoms with Crippen LogP contribution in [0.2, 0.25) is 0 Å². The van der Waals surface area contributed by atoms with Gasteiger partial charge in [0.15, 0.2) is 0 Å². The highest BCUT2D eigenvalue weighted by Crippen LogP contribution is 2.29. The summed E-state index contributed by atoms with van der Waals surface area (Å²) in [6, 6.07) is 9.64. The molecule has 6 amide bonds. The van der Waals surface area contributed by atoms with Gasteiger partial charge < -0.3 is 45.7 Å². The zero-order valence-corrected chi connectivity index (χ0v) is 35.9. The smallest absolute Gasteiger partial charge is 0.416 e. The van der Waals surface area contributed by atoms with E-state index in [9.17, 15) is 41.9 Å². The van der Waals surface area contributed by atoms with Gasteiger partial charge in [0.1, 0.15) is 28.9 Å². The van der Waals surface area contributed by atoms with Crippen molar-refractivity contribution in [2.75, 3.05) is 31.5 Å². The predicted molar refractivity (Wildman–Crippen MR) is 220 cm³/mol. The van der Waals surface area contributed by atoms with Gasteiger partial charge in [-0.15, -0.1) is 0 Å². The Hall–Kier alpha value is -6.14. The van der Waals surface area contributed by atoms with Crippen LogP contribution in [0, 0.1) is 0 Å². The molecule has 61 heavy (non-hydrogen) atoms. The molecule has 1 aromatic heterocycles. The molecule has 0 bridgehead atoms. The molecule has 1 unspecified atom stereocenters. The molecule has 16 nitrogen and oxygen atoms in total. The van der Waals surface area contributed by atoms with Crippen LogP contribution in [0.1, 0.15) is 79.9 Å². The van der Waals surface area contributed by atoms with E-state index in [0.29, 0.717) is 10.9 Å². The van der Waals surface area contributed by atoms with Gasteiger partial charge >= 0.3 is 24.5 Å². The number of nitrogens with zero attached hydrogens (tertiary/aromatic N) is 2. The van der Waals surface area contributed by atoms with Crippen molar-refractivity contribution in [1.29, 1.82) is 0 Å². The number of alkyl halides is 3. The fraction of sp³-hybridized carbons (Fsp3) is 0.500. The van der Waals surface area contributed by atoms with E-state index in [4.69, 9.17) is 14.2 Å². The maximum Gasteiger partial charge on any atom is 0.416 e. The molecule has 19 heteroatoms. The number of aromatic nitrogens is 1. The molecule has 0 spiro atoms. The maximum atomic E-state index is 14.2. The van der Waals surface area contributed by atoms with Crippen molar-refractivity contribution in [1.82, 2.24) is 31.2 Å². The number of pyridine rings is 1. The molecule has 0 aliphatic rings. The van der Waals surface area contributed by atoms with Gasteiger partial charge in [0.2, 0.25) is 17.7 Å². The normalized spacial score (nSPS) is 12.9. The number of carbonyl (C=O) groups excluding carboxylic acids is 6. The molecule has 0 aliphatic heterocycles. The number of hydrogen-bond donors (Lipinski definition) is 5. The quantitative estimate of drug-likeness (QED) is 0.111. The lowest BCUT2D eigenvalue weighted by Gasteiger charge is -2.28. The first-order valence-corrected chi connectivity index (χ1v) is 19.5. The topological polar surface area (TPSA) is 206 Å². The van der Waals surface area contributed by atoms with Crippen molar-refractivity contribution in [3.05, 3.63) is 71.9 Å². The number of alkyl carbamates (subject to hydrolysis) is 3. The molecular weight excluding hydrogens is 803 g/mol. The number of ether oxygens (including phenoxy) is 3. The Morgan fingerprint density at radius 3 is 1.72 bits per heavy atom. The van der Waals surface area contributed by atoms with Gasteiger partial charge in [0, 0.05) is 38.0 Å². The molecule has 3 rings (SSSR count). The lowest BCUT2D eigenvalue weighted by Crippen LogP contribution is -2.55. The average molecular weight is 860 g/mol. The minimum Gasteiger partial charge on any atom is -0.444 e. The third-order valence-electron chi connectivity index (χ3n) is 8.05. The molecule has 2 aromatic carbocycles. The number of amides is 6. The van der Waals surface area contributed by atoms with Gasteiger partial charge in [-0.25, -0.2) is 14.4 Å². The summed E-state index contributed by atoms with van der Waals surface area (Å²) < 4.78 is 56.0. The summed E-state index contributed by atoms with van der Waals surface area (Å²) in [5.74, 6) is -2.52. The molecule has 0 saturated heterocycles. The van der Waals surface area contributed by atoms with Crippen molar-refractivity contribution in [2.45, 2.75) is 110 Å². The number of nitrogens with one attached hydrogen (secondary N) is 5. The molecule has 0 fully saturated rings. The number of para-hydroxylation sites is 1. The van der Waals surface area contributed by atoms with Gasteiger partial charge in [0.05, 0.1) is 29.4 Å². The summed E-state index contributed by atoms with van der Waals surface area (Å²) in [6.07, 6.45) is -6.82. The zero-order chi connectivity index (χ0) is 45.8. The highest BCUT2D eigenvalue weighted by Gasteiger charge is 2.33. The minimum atomic E-state index is -4.62. The standard InChI is InChI=1S/C42H56F3N7O9/c1-39(2,3)59-36(56)46-18-20-52(21-19-47-37(57)60-40(4,5)6)33(53)24-32(51-38(58)61-41(7,8)9)35(55)50-31(22-26-14-16-28(17-15-26)42(43,44)45)34(54)49-29-23-27-12-10-11-13-30(27)48-25-29/h10-17,23,25,31-32H,18-22,24H2,1-9H3,(H,46,56)(H,47,57)(H,49,54)(H,50,55)(H,51,58)/t31?,32-/m0/s1. The van der Waals surface area contributed by atoms with Crippen LogP contribution in [0.15, 0.2) is 60.8 Å². The molecule has 5 N–H and O–H groups in total. The van der Waals surface area contributed by atoms with E-state index in [2.05, 4.69) is 31.6 Å². The predicted octanol–water partition coefficient (Wildman–Crippen LogP) is 6.08. The number of carbonyl (C=O) groups is 6. The van der Waals surface area contributed by atoms with Crippen LogP contribution >= 0.6 is 0 Å². The largest absolute Gasteiger partial charge is 0.444 e. The van der Waals surface area contributed by atoms with Crippen molar-refractivity contribution >= 4 is 52.6 Å². The molecule has 3 aromatic rings. The van der Waals surface area contributed by atoms with E-state index in [-0.39, 0.29) is 43.9 Å². The summed E-state index contributed by atoms with van der Waals surface area (Å²) in [7, 11) is 0. The summed E-state index contributed by atoms with van der Waals surface area (Å²) >= 11 is 0. The molecular formula is C42H56F3N7O9. The van der Waals surface area contributed by atoms with Gasteiger partial charge in [-0.05, 0) is 92.1 Å². The van der Waals surface area contributed by atoms with Crippen molar-refractivity contribution in [3.8, 4) is 0 Å². The van der Waals surface area contributed by atoms with Crippen molar-refractivity contribution in [3.63, 3.8) is 0 Å². The zero-order valence-electron chi connectivity index (χ0n) is 35.9. The first kappa shape index (κ1) is 49.2. The van der Waals surface area contributed by atoms with Crippen LogP contribution in [0.25, 0.3) is 10.9 Å². The Balaban J connectivity index is 1.93. The van der Waals surface area contributed by atoms with Gasteiger partial charge in [-0.1, -0.05) is 30.3 Å². The first-order chi connectivity index (χ1) is 28.2. The van der Waals surface area contributed by atoms with Crippen LogP contribution in [-0.4, -0.2) is 101 Å². The Kier molecular flexibility index (Phi) is 16.9. The number of halogens is 3. The Bertz CT molecular complexity index is 1970. The monoisotopic (exact) mass is 859 g/mol. The summed E-state index contributed by atoms with van der Waals surface area (Å²) in [6.45, 7) is 14.3. The molecule has 0 saturated carbocycles. The van der Waals surface area contributed by atoms with E-state index < -0.39 is 83.0 Å². The number of hydrogen-bond acceptors (Lipinski definition) is 10. The van der Waals surface area contributed by atoms with Gasteiger partial charge in [0.25, 0.3) is 0 Å². The SMILES string of the molecule is CC(C)(C)OC(=O)NCCN(CCNC(=O)OC(C)(C)C)C(=O)C[C@H](NC(=O)OC(C)(C)C)C(=O)NC(Cc1ccc(C(F)(F)F)cc1)C(=O)Nc1cnc2ccccc2c1. The second-order valence-corrected chi connectivity index (χ2v) is 17.0. The molecule has 334 valence electrons. The minimum absolute atomic E-state index is 0.109. The van der Waals surface area contributed by atoms with E-state index in [0.717, 1.165) is 12.1 Å². The van der Waals surface area contributed by atoms with E-state index in [1.165, 1.54) is 23.2 Å². The Morgan fingerprint density at radius 1 is 0.672 bits per heavy atom. The van der Waals surface area contributed by atoms with E-state index in [1.54, 1.807) is 92.6 Å². The Labute approximate surface area is 353 Å². The van der Waals surface area contributed by atoms with E-state index in [1.807, 2.05) is 0 Å². The summed E-state index contributed by atoms with van der Waals surface area (Å²) in [5, 5.41) is 13.4. The van der Waals surface area contributed by atoms with Gasteiger partial charge in [-0.2, -0.15) is 13.2 Å². The number of rotatable bonds is 15. The molecule has 2 atom stereocenters. The number of benzene rings is 2. The average Bonchev–Trinajstić information content (AvgIpc) is 3.11. The highest BCUT2D eigenvalue weighted by molar-refractivity contribution is 6.00. The van der Waals surface area contributed by atoms with Crippen molar-refractivity contribution < 1.29 is 56.1 Å². The third kappa shape index (κ3) is 18.3. The first-order valence-electron chi connectivity index (χ1n) is 19.5. The van der Waals surface area contributed by atoms with Crippen LogP contribution in [0.4, 0.5) is 33.2 Å². The van der Waals surface area contributed by atoms with E-state index >= 15 is 0 Å². The second kappa shape index (κ2) is 20.9. The fourth-order valence-corrected chi connectivity index (χ4v) is 5.45. The number of anilines is 1. The van der Waals surface area contributed by atoms with Gasteiger partial charge in [-0.3, -0.25) is 19.4 Å². The van der Waals surface area contributed by atoms with Crippen LogP contribution in [-0.2, 0) is 41.2 Å². The molecule has 1 heterocycles. The maximum absolute atomic E-state index is 14.2. The van der Waals surface area contributed by atoms with Crippen LogP contribution in [0.3, 0.4) is 0 Å². The molecule has 0 aliphatic carbocycles. The summed E-state index contributed by atoms with van der Waals surface area (Å²) in [4.78, 5) is 85.4. The second-order valence-electron chi connectivity index (χ2n) is 17.0. The lowest BCUT2D eigenvalue weighted by atomic mass is 10.0. The van der Waals surface area contributed by atoms with Crippen LogP contribution in [0.5, 0.6) is 0 Å². The Morgan fingerprint density at radius 2 is 1.20 bits per heavy atom.